The maximum absolute atomic E-state index is 12.7. The molecule has 9 nitrogen and oxygen atoms in total. The smallest absolute Gasteiger partial charge is 0.233 e. The number of aryl methyl sites for hydroxylation is 2. The average molecular weight is 451 g/mol. The minimum atomic E-state index is -2.89. The topological polar surface area (TPSA) is 101 Å². The second-order valence-electron chi connectivity index (χ2n) is 7.90. The number of carbonyl (C=O) groups excluding carboxylic acids is 1. The highest BCUT2D eigenvalue weighted by molar-refractivity contribution is 7.99. The van der Waals surface area contributed by atoms with E-state index < -0.39 is 9.84 Å². The summed E-state index contributed by atoms with van der Waals surface area (Å²) in [7, 11) is -2.89. The third kappa shape index (κ3) is 4.68. The van der Waals surface area contributed by atoms with Crippen LogP contribution in [0.4, 0.5) is 0 Å². The molecule has 30 heavy (non-hydrogen) atoms. The molecule has 1 aromatic heterocycles. The maximum atomic E-state index is 12.7. The molecule has 3 heterocycles. The zero-order chi connectivity index (χ0) is 21.3. The summed E-state index contributed by atoms with van der Waals surface area (Å²) >= 11 is 1.33. The number of hydrogen-bond donors (Lipinski definition) is 0. The van der Waals surface area contributed by atoms with Gasteiger partial charge < -0.3 is 4.90 Å². The molecule has 2 aromatic rings. The third-order valence-corrected chi connectivity index (χ3v) is 8.55. The predicted molar refractivity (Wildman–Crippen MR) is 115 cm³/mol. The molecule has 11 heteroatoms. The molecule has 0 saturated carbocycles. The lowest BCUT2D eigenvalue weighted by atomic mass is 10.1. The molecule has 2 fully saturated rings. The summed E-state index contributed by atoms with van der Waals surface area (Å²) in [5.41, 5.74) is 3.23. The lowest BCUT2D eigenvalue weighted by molar-refractivity contribution is -0.130. The fourth-order valence-electron chi connectivity index (χ4n) is 3.91. The van der Waals surface area contributed by atoms with Crippen molar-refractivity contribution in [2.75, 3.05) is 43.4 Å². The molecule has 4 rings (SSSR count). The Kier molecular flexibility index (Phi) is 6.12. The first-order valence-electron chi connectivity index (χ1n) is 10.0. The Labute approximate surface area is 180 Å². The van der Waals surface area contributed by atoms with Crippen molar-refractivity contribution in [1.29, 1.82) is 0 Å². The van der Waals surface area contributed by atoms with E-state index in [-0.39, 0.29) is 29.2 Å². The third-order valence-electron chi connectivity index (χ3n) is 5.89. The highest BCUT2D eigenvalue weighted by Crippen LogP contribution is 2.22. The lowest BCUT2D eigenvalue weighted by Gasteiger charge is -2.37. The summed E-state index contributed by atoms with van der Waals surface area (Å²) < 4.78 is 25.1. The first kappa shape index (κ1) is 21.3. The number of tetrazole rings is 1. The number of thioether (sulfide) groups is 1. The molecule has 0 bridgehead atoms. The van der Waals surface area contributed by atoms with Gasteiger partial charge in [-0.3, -0.25) is 9.69 Å². The van der Waals surface area contributed by atoms with Crippen LogP contribution in [0.5, 0.6) is 0 Å². The summed E-state index contributed by atoms with van der Waals surface area (Å²) in [6, 6.07) is 6.12. The van der Waals surface area contributed by atoms with Gasteiger partial charge in [0, 0.05) is 32.2 Å². The fourth-order valence-corrected chi connectivity index (χ4v) is 6.46. The molecule has 162 valence electrons. The van der Waals surface area contributed by atoms with Crippen LogP contribution in [0.3, 0.4) is 0 Å². The highest BCUT2D eigenvalue weighted by Gasteiger charge is 2.34. The molecule has 1 atom stereocenters. The molecule has 1 aromatic carbocycles. The lowest BCUT2D eigenvalue weighted by Crippen LogP contribution is -2.52. The minimum Gasteiger partial charge on any atom is -0.339 e. The molecular weight excluding hydrogens is 424 g/mol. The predicted octanol–water partition coefficient (Wildman–Crippen LogP) is 0.703. The van der Waals surface area contributed by atoms with Gasteiger partial charge in [-0.05, 0) is 54.0 Å². The number of aromatic nitrogens is 4. The van der Waals surface area contributed by atoms with Crippen molar-refractivity contribution < 1.29 is 13.2 Å². The molecule has 0 spiro atoms. The Balaban J connectivity index is 1.31. The van der Waals surface area contributed by atoms with Crippen LogP contribution in [-0.2, 0) is 14.6 Å². The number of hydrogen-bond acceptors (Lipinski definition) is 8. The van der Waals surface area contributed by atoms with E-state index in [2.05, 4.69) is 27.3 Å². The molecule has 2 aliphatic heterocycles. The van der Waals surface area contributed by atoms with Gasteiger partial charge in [-0.15, -0.1) is 5.10 Å². The number of amides is 1. The van der Waals surface area contributed by atoms with E-state index in [0.717, 1.165) is 24.3 Å². The summed E-state index contributed by atoms with van der Waals surface area (Å²) in [5.74, 6) is 0.845. The van der Waals surface area contributed by atoms with Crippen LogP contribution in [0.15, 0.2) is 23.4 Å². The fraction of sp³-hybridized carbons (Fsp3) is 0.579. The van der Waals surface area contributed by atoms with Gasteiger partial charge in [-0.1, -0.05) is 17.8 Å². The Morgan fingerprint density at radius 3 is 2.60 bits per heavy atom. The van der Waals surface area contributed by atoms with Crippen molar-refractivity contribution in [3.63, 3.8) is 0 Å². The molecule has 0 N–H and O–H groups in total. The van der Waals surface area contributed by atoms with Crippen LogP contribution in [0.1, 0.15) is 17.5 Å². The Morgan fingerprint density at radius 2 is 1.93 bits per heavy atom. The molecule has 1 amide bonds. The zero-order valence-corrected chi connectivity index (χ0v) is 18.8. The number of benzene rings is 1. The van der Waals surface area contributed by atoms with Crippen LogP contribution >= 0.6 is 11.8 Å². The Hall–Kier alpha value is -1.98. The van der Waals surface area contributed by atoms with E-state index >= 15 is 0 Å². The quantitative estimate of drug-likeness (QED) is 0.614. The first-order chi connectivity index (χ1) is 14.3. The number of piperazine rings is 1. The second kappa shape index (κ2) is 8.64. The number of nitrogens with zero attached hydrogens (tertiary/aromatic N) is 6. The van der Waals surface area contributed by atoms with Crippen molar-refractivity contribution >= 4 is 27.5 Å². The van der Waals surface area contributed by atoms with E-state index in [1.165, 1.54) is 17.3 Å². The van der Waals surface area contributed by atoms with Crippen molar-refractivity contribution in [3.05, 3.63) is 29.3 Å². The Morgan fingerprint density at radius 1 is 1.17 bits per heavy atom. The first-order valence-corrected chi connectivity index (χ1v) is 12.8. The Bertz CT molecular complexity index is 1030. The van der Waals surface area contributed by atoms with Gasteiger partial charge in [-0.25, -0.2) is 8.42 Å². The summed E-state index contributed by atoms with van der Waals surface area (Å²) in [5, 5.41) is 12.5. The molecule has 2 aliphatic rings. The molecule has 0 radical (unpaired) electrons. The van der Waals surface area contributed by atoms with E-state index in [1.54, 1.807) is 4.68 Å². The van der Waals surface area contributed by atoms with E-state index in [9.17, 15) is 13.2 Å². The van der Waals surface area contributed by atoms with Crippen molar-refractivity contribution in [2.45, 2.75) is 31.5 Å². The molecule has 1 unspecified atom stereocenters. The van der Waals surface area contributed by atoms with Gasteiger partial charge in [0.2, 0.25) is 11.1 Å². The van der Waals surface area contributed by atoms with E-state index in [0.29, 0.717) is 24.7 Å². The highest BCUT2D eigenvalue weighted by atomic mass is 32.2. The van der Waals surface area contributed by atoms with Gasteiger partial charge >= 0.3 is 0 Å². The SMILES string of the molecule is Cc1ccc(-n2nnnc2SCC(=O)N2CCN(C3CCS(=O)(=O)C3)CC2)cc1C. The van der Waals surface area contributed by atoms with Gasteiger partial charge in [-0.2, -0.15) is 4.68 Å². The van der Waals surface area contributed by atoms with Gasteiger partial charge in [0.1, 0.15) is 0 Å². The van der Waals surface area contributed by atoms with E-state index in [1.807, 2.05) is 30.0 Å². The van der Waals surface area contributed by atoms with Crippen LogP contribution in [0.2, 0.25) is 0 Å². The number of sulfone groups is 1. The maximum Gasteiger partial charge on any atom is 0.233 e. The van der Waals surface area contributed by atoms with Crippen LogP contribution in [0, 0.1) is 13.8 Å². The second-order valence-corrected chi connectivity index (χ2v) is 11.1. The number of carbonyl (C=O) groups is 1. The van der Waals surface area contributed by atoms with Gasteiger partial charge in [0.25, 0.3) is 0 Å². The summed E-state index contributed by atoms with van der Waals surface area (Å²) in [4.78, 5) is 16.7. The largest absolute Gasteiger partial charge is 0.339 e. The zero-order valence-electron chi connectivity index (χ0n) is 17.2. The molecular formula is C19H26N6O3S2. The molecule has 0 aliphatic carbocycles. The van der Waals surface area contributed by atoms with Gasteiger partial charge in [0.05, 0.1) is 22.9 Å². The van der Waals surface area contributed by atoms with Crippen molar-refractivity contribution in [3.8, 4) is 5.69 Å². The van der Waals surface area contributed by atoms with Crippen molar-refractivity contribution in [1.82, 2.24) is 30.0 Å². The number of rotatable bonds is 5. The average Bonchev–Trinajstić information content (AvgIpc) is 3.34. The molecule has 2 saturated heterocycles. The summed E-state index contributed by atoms with van der Waals surface area (Å²) in [6.45, 7) is 6.78. The van der Waals surface area contributed by atoms with Crippen LogP contribution in [-0.4, -0.2) is 93.8 Å². The van der Waals surface area contributed by atoms with Crippen molar-refractivity contribution in [2.24, 2.45) is 0 Å². The van der Waals surface area contributed by atoms with Crippen LogP contribution in [0.25, 0.3) is 5.69 Å². The van der Waals surface area contributed by atoms with E-state index in [4.69, 9.17) is 0 Å². The normalized spacial score (nSPS) is 21.8. The van der Waals surface area contributed by atoms with Gasteiger partial charge in [0.15, 0.2) is 9.84 Å². The van der Waals surface area contributed by atoms with Crippen LogP contribution < -0.4 is 0 Å². The summed E-state index contributed by atoms with van der Waals surface area (Å²) in [6.07, 6.45) is 0.702. The standard InChI is InChI=1S/C19H26N6O3S2/c1-14-3-4-16(11-15(14)2)25-19(20-21-22-25)29-12-18(26)24-8-6-23(7-9-24)17-5-10-30(27,28)13-17/h3-4,11,17H,5-10,12-13H2,1-2H3. The monoisotopic (exact) mass is 450 g/mol. The minimum absolute atomic E-state index is 0.0494.